The van der Waals surface area contributed by atoms with Crippen LogP contribution in [0, 0.1) is 12.8 Å². The zero-order valence-electron chi connectivity index (χ0n) is 22.7. The average Bonchev–Trinajstić information content (AvgIpc) is 3.34. The summed E-state index contributed by atoms with van der Waals surface area (Å²) in [5.41, 5.74) is 3.80. The molecule has 4 aliphatic rings. The van der Waals surface area contributed by atoms with Crippen molar-refractivity contribution in [1.29, 1.82) is 0 Å². The highest BCUT2D eigenvalue weighted by Crippen LogP contribution is 2.45. The highest BCUT2D eigenvalue weighted by atomic mass is 35.5. The third-order valence-electron chi connectivity index (χ3n) is 8.90. The van der Waals surface area contributed by atoms with Gasteiger partial charge in [0, 0.05) is 28.5 Å². The normalized spacial score (nSPS) is 24.3. The Kier molecular flexibility index (Phi) is 7.81. The molecule has 6 rings (SSSR count). The van der Waals surface area contributed by atoms with Crippen LogP contribution >= 0.6 is 11.6 Å². The van der Waals surface area contributed by atoms with Crippen LogP contribution in [-0.4, -0.2) is 58.6 Å². The Balaban J connectivity index is 0.000000162. The van der Waals surface area contributed by atoms with Gasteiger partial charge in [0.1, 0.15) is 5.82 Å². The van der Waals surface area contributed by atoms with E-state index in [0.29, 0.717) is 24.3 Å². The van der Waals surface area contributed by atoms with Gasteiger partial charge < -0.3 is 15.3 Å². The fourth-order valence-corrected chi connectivity index (χ4v) is 6.30. The first-order valence-electron chi connectivity index (χ1n) is 14.0. The Labute approximate surface area is 230 Å². The number of benzene rings is 1. The lowest BCUT2D eigenvalue weighted by atomic mass is 9.73. The molecular weight excluding hydrogens is 500 g/mol. The highest BCUT2D eigenvalue weighted by molar-refractivity contribution is 6.31. The fourth-order valence-electron chi connectivity index (χ4n) is 6.13. The van der Waals surface area contributed by atoms with Gasteiger partial charge in [-0.1, -0.05) is 37.9 Å². The topological polar surface area (TPSA) is 85.8 Å². The summed E-state index contributed by atoms with van der Waals surface area (Å²) in [6.45, 7) is 9.68. The van der Waals surface area contributed by atoms with Crippen LogP contribution in [0.4, 0.5) is 11.5 Å². The van der Waals surface area contributed by atoms with Crippen molar-refractivity contribution in [3.8, 4) is 0 Å². The number of likely N-dealkylation sites (tertiary alicyclic amines) is 1. The fraction of sp³-hybridized carbons (Fsp3) is 0.567. The number of aromatic nitrogens is 1. The van der Waals surface area contributed by atoms with Gasteiger partial charge in [0.15, 0.2) is 0 Å². The second-order valence-electron chi connectivity index (χ2n) is 11.6. The maximum absolute atomic E-state index is 12.6. The number of piperidine rings is 1. The van der Waals surface area contributed by atoms with Gasteiger partial charge in [-0.25, -0.2) is 4.98 Å². The summed E-state index contributed by atoms with van der Waals surface area (Å²) in [5, 5.41) is 13.1. The van der Waals surface area contributed by atoms with Crippen molar-refractivity contribution in [2.24, 2.45) is 5.92 Å². The smallest absolute Gasteiger partial charge is 0.235 e. The molecule has 0 bridgehead atoms. The van der Waals surface area contributed by atoms with E-state index in [4.69, 9.17) is 11.6 Å². The summed E-state index contributed by atoms with van der Waals surface area (Å²) < 4.78 is 0. The van der Waals surface area contributed by atoms with Crippen LogP contribution in [-0.2, 0) is 21.4 Å². The molecule has 38 heavy (non-hydrogen) atoms. The van der Waals surface area contributed by atoms with E-state index in [1.54, 1.807) is 11.1 Å². The van der Waals surface area contributed by atoms with Gasteiger partial charge in [0.05, 0.1) is 17.9 Å². The summed E-state index contributed by atoms with van der Waals surface area (Å²) in [4.78, 5) is 33.1. The Hall–Kier alpha value is -2.48. The van der Waals surface area contributed by atoms with Crippen LogP contribution in [0.3, 0.4) is 0 Å². The third kappa shape index (κ3) is 5.21. The molecule has 1 aromatic heterocycles. The van der Waals surface area contributed by atoms with E-state index >= 15 is 0 Å². The van der Waals surface area contributed by atoms with E-state index in [0.717, 1.165) is 66.6 Å². The van der Waals surface area contributed by atoms with Crippen LogP contribution in [0.15, 0.2) is 30.5 Å². The number of anilines is 2. The molecule has 1 aromatic carbocycles. The van der Waals surface area contributed by atoms with Gasteiger partial charge in [0.25, 0.3) is 0 Å². The number of fused-ring (bicyclic) bond motifs is 3. The molecule has 2 N–H and O–H groups in total. The highest BCUT2D eigenvalue weighted by Gasteiger charge is 2.48. The number of carbonyl (C=O) groups is 2. The first kappa shape index (κ1) is 27.1. The number of aliphatic hydroxyl groups is 1. The largest absolute Gasteiger partial charge is 0.393 e. The molecule has 8 heteroatoms. The quantitative estimate of drug-likeness (QED) is 0.567. The standard InChI is InChI=1S/C18H25ClN2O.C12H14N2O2/c1-3-13(2)6-9-21-10-7-18(8-11-21)15-12-14(19)4-5-16(15)20-17(18)22;1-7-2-8-3-11(16)14(12(8)13-6-7)9-4-10(15)5-9/h4-5,12-13H,3,6-11H2,1-2H3,(H,20,22);2,6,9-10,15H,3-5H2,1H3. The number of amides is 2. The minimum Gasteiger partial charge on any atom is -0.393 e. The Bertz CT molecular complexity index is 1200. The van der Waals surface area contributed by atoms with Gasteiger partial charge in [-0.15, -0.1) is 0 Å². The molecule has 2 fully saturated rings. The second-order valence-corrected chi connectivity index (χ2v) is 12.0. The number of rotatable bonds is 5. The summed E-state index contributed by atoms with van der Waals surface area (Å²) in [5.74, 6) is 1.86. The molecule has 2 aromatic rings. The molecule has 2 amide bonds. The number of carbonyl (C=O) groups excluding carboxylic acids is 2. The Morgan fingerprint density at radius 3 is 2.63 bits per heavy atom. The van der Waals surface area contributed by atoms with Crippen molar-refractivity contribution >= 4 is 34.9 Å². The molecule has 1 saturated heterocycles. The molecular formula is C30H39ClN4O3. The van der Waals surface area contributed by atoms with Crippen molar-refractivity contribution in [1.82, 2.24) is 9.88 Å². The molecule has 0 radical (unpaired) electrons. The number of hydrogen-bond acceptors (Lipinski definition) is 5. The maximum Gasteiger partial charge on any atom is 0.235 e. The van der Waals surface area contributed by atoms with Crippen molar-refractivity contribution in [2.75, 3.05) is 29.9 Å². The number of aliphatic hydroxyl groups excluding tert-OH is 1. The molecule has 1 atom stereocenters. The van der Waals surface area contributed by atoms with Crippen molar-refractivity contribution in [2.45, 2.75) is 83.3 Å². The lowest BCUT2D eigenvalue weighted by Gasteiger charge is -2.38. The number of pyridine rings is 1. The van der Waals surface area contributed by atoms with E-state index in [2.05, 4.69) is 29.0 Å². The summed E-state index contributed by atoms with van der Waals surface area (Å²) in [7, 11) is 0. The first-order valence-corrected chi connectivity index (χ1v) is 14.4. The van der Waals surface area contributed by atoms with Gasteiger partial charge in [-0.2, -0.15) is 0 Å². The number of aryl methyl sites for hydroxylation is 1. The van der Waals surface area contributed by atoms with Crippen molar-refractivity contribution in [3.63, 3.8) is 0 Å². The van der Waals surface area contributed by atoms with Crippen LogP contribution in [0.5, 0.6) is 0 Å². The second kappa shape index (κ2) is 10.9. The van der Waals surface area contributed by atoms with Crippen molar-refractivity contribution in [3.05, 3.63) is 52.2 Å². The molecule has 4 heterocycles. The lowest BCUT2D eigenvalue weighted by molar-refractivity contribution is -0.122. The predicted octanol–water partition coefficient (Wildman–Crippen LogP) is 4.86. The zero-order valence-corrected chi connectivity index (χ0v) is 23.4. The molecule has 1 aliphatic carbocycles. The Morgan fingerprint density at radius 2 is 1.95 bits per heavy atom. The zero-order chi connectivity index (χ0) is 27.0. The summed E-state index contributed by atoms with van der Waals surface area (Å²) >= 11 is 6.15. The maximum atomic E-state index is 12.6. The number of halogens is 1. The summed E-state index contributed by atoms with van der Waals surface area (Å²) in [6, 6.07) is 7.93. The number of nitrogens with zero attached hydrogens (tertiary/aromatic N) is 3. The van der Waals surface area contributed by atoms with E-state index in [9.17, 15) is 14.7 Å². The molecule has 1 unspecified atom stereocenters. The lowest BCUT2D eigenvalue weighted by Crippen LogP contribution is -2.49. The molecule has 3 aliphatic heterocycles. The van der Waals surface area contributed by atoms with Crippen molar-refractivity contribution < 1.29 is 14.7 Å². The predicted molar refractivity (Wildman–Crippen MR) is 151 cm³/mol. The van der Waals surface area contributed by atoms with Gasteiger partial charge in [-0.3, -0.25) is 14.5 Å². The molecule has 1 saturated carbocycles. The van der Waals surface area contributed by atoms with Crippen LogP contribution in [0.2, 0.25) is 5.02 Å². The van der Waals surface area contributed by atoms with Crippen LogP contribution in [0.1, 0.15) is 69.1 Å². The number of hydrogen-bond donors (Lipinski definition) is 2. The monoisotopic (exact) mass is 538 g/mol. The first-order chi connectivity index (χ1) is 18.2. The van der Waals surface area contributed by atoms with Crippen LogP contribution < -0.4 is 10.2 Å². The Morgan fingerprint density at radius 1 is 1.21 bits per heavy atom. The van der Waals surface area contributed by atoms with E-state index in [1.807, 2.05) is 31.2 Å². The minimum atomic E-state index is -0.354. The molecule has 7 nitrogen and oxygen atoms in total. The van der Waals surface area contributed by atoms with Gasteiger partial charge >= 0.3 is 0 Å². The van der Waals surface area contributed by atoms with Gasteiger partial charge in [0.2, 0.25) is 11.8 Å². The van der Waals surface area contributed by atoms with Gasteiger partial charge in [-0.05, 0) is 93.9 Å². The molecule has 1 spiro atoms. The average molecular weight is 539 g/mol. The van der Waals surface area contributed by atoms with Crippen LogP contribution in [0.25, 0.3) is 0 Å². The van der Waals surface area contributed by atoms with E-state index < -0.39 is 0 Å². The third-order valence-corrected chi connectivity index (χ3v) is 9.13. The SMILES string of the molecule is CCC(C)CCN1CCC2(CC1)C(=O)Nc1ccc(Cl)cc12.Cc1cnc2c(c1)CC(=O)N2C1CC(O)C1. The number of nitrogens with one attached hydrogen (secondary N) is 1. The summed E-state index contributed by atoms with van der Waals surface area (Å²) in [6.07, 6.45) is 7.65. The molecule has 204 valence electrons. The minimum absolute atomic E-state index is 0.116. The van der Waals surface area contributed by atoms with E-state index in [-0.39, 0.29) is 29.4 Å². The van der Waals surface area contributed by atoms with E-state index in [1.165, 1.54) is 12.8 Å².